The van der Waals surface area contributed by atoms with Crippen LogP contribution in [0.25, 0.3) is 11.0 Å². The van der Waals surface area contributed by atoms with E-state index in [1.165, 1.54) is 7.11 Å². The number of benzene rings is 2. The zero-order valence-corrected chi connectivity index (χ0v) is 17.0. The van der Waals surface area contributed by atoms with Gasteiger partial charge in [-0.1, -0.05) is 0 Å². The number of amides is 1. The third-order valence-corrected chi connectivity index (χ3v) is 4.78. The minimum atomic E-state index is -0.458. The minimum absolute atomic E-state index is 0.137. The number of fused-ring (bicyclic) bond motifs is 1. The Labute approximate surface area is 169 Å². The number of rotatable bonds is 7. The summed E-state index contributed by atoms with van der Waals surface area (Å²) in [7, 11) is 3.07. The van der Waals surface area contributed by atoms with Crippen LogP contribution in [0.1, 0.15) is 24.2 Å². The summed E-state index contributed by atoms with van der Waals surface area (Å²) in [5.74, 6) is 0.617. The Morgan fingerprint density at radius 1 is 1.07 bits per heavy atom. The van der Waals surface area contributed by atoms with E-state index >= 15 is 0 Å². The number of carbonyl (C=O) groups excluding carboxylic acids is 1. The van der Waals surface area contributed by atoms with Gasteiger partial charge >= 0.3 is 0 Å². The van der Waals surface area contributed by atoms with Crippen LogP contribution in [0.3, 0.4) is 0 Å². The van der Waals surface area contributed by atoms with Crippen LogP contribution in [0, 0.1) is 5.41 Å². The number of ether oxygens (including phenoxy) is 2. The predicted molar refractivity (Wildman–Crippen MR) is 113 cm³/mol. The molecule has 0 bridgehead atoms. The molecule has 0 aliphatic rings. The molecule has 152 valence electrons. The van der Waals surface area contributed by atoms with Crippen molar-refractivity contribution < 1.29 is 18.7 Å². The van der Waals surface area contributed by atoms with Crippen molar-refractivity contribution in [1.29, 1.82) is 5.41 Å². The van der Waals surface area contributed by atoms with Crippen molar-refractivity contribution in [2.24, 2.45) is 0 Å². The van der Waals surface area contributed by atoms with Crippen molar-refractivity contribution >= 4 is 28.3 Å². The number of nitrogens with zero attached hydrogens (tertiary/aromatic N) is 1. The van der Waals surface area contributed by atoms with Crippen molar-refractivity contribution in [1.82, 2.24) is 0 Å². The average molecular weight is 395 g/mol. The monoisotopic (exact) mass is 395 g/mol. The van der Waals surface area contributed by atoms with Gasteiger partial charge in [0.2, 0.25) is 5.55 Å². The molecule has 29 heavy (non-hydrogen) atoms. The first-order valence-corrected chi connectivity index (χ1v) is 9.41. The fraction of sp³-hybridized carbons (Fsp3) is 0.273. The summed E-state index contributed by atoms with van der Waals surface area (Å²) in [4.78, 5) is 15.0. The van der Waals surface area contributed by atoms with Gasteiger partial charge in [-0.25, -0.2) is 0 Å². The van der Waals surface area contributed by atoms with E-state index in [2.05, 4.69) is 24.1 Å². The van der Waals surface area contributed by atoms with Gasteiger partial charge in [-0.2, -0.15) is 0 Å². The number of hydrogen-bond acceptors (Lipinski definition) is 6. The maximum absolute atomic E-state index is 12.8. The largest absolute Gasteiger partial charge is 0.497 e. The van der Waals surface area contributed by atoms with Crippen LogP contribution in [-0.2, 0) is 0 Å². The molecule has 0 aliphatic carbocycles. The Morgan fingerprint density at radius 2 is 1.83 bits per heavy atom. The molecule has 0 spiro atoms. The fourth-order valence-electron chi connectivity index (χ4n) is 3.17. The van der Waals surface area contributed by atoms with Gasteiger partial charge < -0.3 is 24.1 Å². The maximum Gasteiger partial charge on any atom is 0.261 e. The summed E-state index contributed by atoms with van der Waals surface area (Å²) in [6, 6.07) is 12.5. The summed E-state index contributed by atoms with van der Waals surface area (Å²) < 4.78 is 16.2. The Kier molecular flexibility index (Phi) is 6.07. The molecule has 2 aromatic carbocycles. The number of carbonyl (C=O) groups is 1. The third kappa shape index (κ3) is 4.18. The molecule has 0 radical (unpaired) electrons. The summed E-state index contributed by atoms with van der Waals surface area (Å²) in [6.45, 7) is 5.92. The van der Waals surface area contributed by atoms with Gasteiger partial charge in [0.15, 0.2) is 0 Å². The first-order chi connectivity index (χ1) is 14.0. The van der Waals surface area contributed by atoms with E-state index in [9.17, 15) is 4.79 Å². The SMILES string of the molecule is CCN(CC)c1ccc2cc(C(=O)Nc3cc(OC)ccc3OC)c(=N)oc2c1. The number of anilines is 2. The standard InChI is InChI=1S/C22H25N3O4/c1-5-25(6-2)15-8-7-14-11-17(21(23)29-20(14)12-15)22(26)24-18-13-16(27-3)9-10-19(18)28-4/h7-13,23H,5-6H2,1-4H3,(H,24,26). The molecular formula is C22H25N3O4. The summed E-state index contributed by atoms with van der Waals surface area (Å²) >= 11 is 0. The van der Waals surface area contributed by atoms with Crippen LogP contribution < -0.4 is 25.2 Å². The highest BCUT2D eigenvalue weighted by molar-refractivity contribution is 6.06. The van der Waals surface area contributed by atoms with Crippen LogP contribution in [0.15, 0.2) is 46.9 Å². The third-order valence-electron chi connectivity index (χ3n) is 4.78. The van der Waals surface area contributed by atoms with Crippen LogP contribution in [0.2, 0.25) is 0 Å². The molecule has 3 rings (SSSR count). The van der Waals surface area contributed by atoms with Gasteiger partial charge in [-0.15, -0.1) is 0 Å². The zero-order valence-electron chi connectivity index (χ0n) is 17.0. The van der Waals surface area contributed by atoms with Gasteiger partial charge in [-0.3, -0.25) is 10.2 Å². The molecule has 0 unspecified atom stereocenters. The van der Waals surface area contributed by atoms with E-state index in [1.54, 1.807) is 31.4 Å². The second-order valence-corrected chi connectivity index (χ2v) is 6.40. The van der Waals surface area contributed by atoms with Crippen molar-refractivity contribution in [2.75, 3.05) is 37.5 Å². The van der Waals surface area contributed by atoms with Gasteiger partial charge in [0, 0.05) is 36.3 Å². The molecule has 0 aliphatic heterocycles. The first-order valence-electron chi connectivity index (χ1n) is 9.41. The van der Waals surface area contributed by atoms with Gasteiger partial charge in [0.25, 0.3) is 5.91 Å². The molecule has 0 fully saturated rings. The lowest BCUT2D eigenvalue weighted by Gasteiger charge is -2.21. The second kappa shape index (κ2) is 8.68. The second-order valence-electron chi connectivity index (χ2n) is 6.40. The van der Waals surface area contributed by atoms with E-state index in [4.69, 9.17) is 19.3 Å². The van der Waals surface area contributed by atoms with Crippen LogP contribution in [0.4, 0.5) is 11.4 Å². The fourth-order valence-corrected chi connectivity index (χ4v) is 3.17. The molecule has 0 atom stereocenters. The van der Waals surface area contributed by atoms with Gasteiger partial charge in [-0.05, 0) is 44.2 Å². The quantitative estimate of drug-likeness (QED) is 0.631. The Hall–Kier alpha value is -3.48. The molecule has 3 aromatic rings. The summed E-state index contributed by atoms with van der Waals surface area (Å²) in [5.41, 5.74) is 1.97. The molecule has 2 N–H and O–H groups in total. The van der Waals surface area contributed by atoms with Gasteiger partial charge in [0.1, 0.15) is 22.6 Å². The topological polar surface area (TPSA) is 87.8 Å². The molecule has 1 heterocycles. The molecule has 0 saturated carbocycles. The van der Waals surface area contributed by atoms with E-state index in [1.807, 2.05) is 18.2 Å². The Morgan fingerprint density at radius 3 is 2.48 bits per heavy atom. The predicted octanol–water partition coefficient (Wildman–Crippen LogP) is 4.03. The lowest BCUT2D eigenvalue weighted by atomic mass is 10.1. The van der Waals surface area contributed by atoms with E-state index < -0.39 is 5.91 Å². The van der Waals surface area contributed by atoms with Crippen LogP contribution in [0.5, 0.6) is 11.5 Å². The normalized spacial score (nSPS) is 10.6. The van der Waals surface area contributed by atoms with Crippen molar-refractivity contribution in [2.45, 2.75) is 13.8 Å². The number of methoxy groups -OCH3 is 2. The van der Waals surface area contributed by atoms with Crippen molar-refractivity contribution in [3.63, 3.8) is 0 Å². The smallest absolute Gasteiger partial charge is 0.261 e. The highest BCUT2D eigenvalue weighted by Gasteiger charge is 2.15. The van der Waals surface area contributed by atoms with E-state index in [0.717, 1.165) is 24.2 Å². The molecule has 1 aromatic heterocycles. The van der Waals surface area contributed by atoms with Gasteiger partial charge in [0.05, 0.1) is 19.9 Å². The van der Waals surface area contributed by atoms with E-state index in [-0.39, 0.29) is 11.1 Å². The molecule has 1 amide bonds. The highest BCUT2D eigenvalue weighted by Crippen LogP contribution is 2.29. The molecular weight excluding hydrogens is 370 g/mol. The molecule has 7 heteroatoms. The average Bonchev–Trinajstić information content (AvgIpc) is 2.73. The summed E-state index contributed by atoms with van der Waals surface area (Å²) in [6.07, 6.45) is 0. The minimum Gasteiger partial charge on any atom is -0.497 e. The number of hydrogen-bond donors (Lipinski definition) is 2. The number of nitrogens with one attached hydrogen (secondary N) is 2. The lowest BCUT2D eigenvalue weighted by Crippen LogP contribution is -2.22. The Bertz CT molecular complexity index is 1090. The Balaban J connectivity index is 1.95. The lowest BCUT2D eigenvalue weighted by molar-refractivity contribution is 0.102. The zero-order chi connectivity index (χ0) is 21.0. The van der Waals surface area contributed by atoms with Crippen LogP contribution in [-0.4, -0.2) is 33.2 Å². The highest BCUT2D eigenvalue weighted by atomic mass is 16.5. The van der Waals surface area contributed by atoms with Crippen molar-refractivity contribution in [3.8, 4) is 11.5 Å². The first kappa shape index (κ1) is 20.3. The van der Waals surface area contributed by atoms with E-state index in [0.29, 0.717) is 22.8 Å². The molecule has 0 saturated heterocycles. The van der Waals surface area contributed by atoms with Crippen molar-refractivity contribution in [3.05, 3.63) is 53.6 Å². The summed E-state index contributed by atoms with van der Waals surface area (Å²) in [5, 5.41) is 11.7. The maximum atomic E-state index is 12.8. The van der Waals surface area contributed by atoms with Crippen LogP contribution >= 0.6 is 0 Å². The molecule has 7 nitrogen and oxygen atoms in total.